The molecule has 3 heterocycles. The van der Waals surface area contributed by atoms with Crippen LogP contribution in [0, 0.1) is 23.7 Å². The summed E-state index contributed by atoms with van der Waals surface area (Å²) in [5, 5.41) is 11.8. The van der Waals surface area contributed by atoms with Crippen LogP contribution in [0.3, 0.4) is 0 Å². The van der Waals surface area contributed by atoms with Gasteiger partial charge in [0.25, 0.3) is 23.6 Å². The van der Waals surface area contributed by atoms with E-state index in [0.717, 1.165) is 56.1 Å². The van der Waals surface area contributed by atoms with E-state index >= 15 is 0 Å². The van der Waals surface area contributed by atoms with E-state index in [0.29, 0.717) is 99.9 Å². The van der Waals surface area contributed by atoms with Gasteiger partial charge in [0.15, 0.2) is 0 Å². The predicted molar refractivity (Wildman–Crippen MR) is 467 cm³/mol. The molecule has 113 heavy (non-hydrogen) atoms. The Bertz CT molecular complexity index is 3720. The molecule has 0 aliphatic heterocycles. The molecule has 0 saturated heterocycles. The first-order valence-corrected chi connectivity index (χ1v) is 44.1. The minimum absolute atomic E-state index is 0.00661. The number of anilines is 4. The quantitative estimate of drug-likeness (QED) is 0.0209. The molecule has 0 unspecified atom stereocenters. The molecule has 5 aromatic carbocycles. The Morgan fingerprint density at radius 1 is 0.292 bits per heavy atom. The Kier molecular flexibility index (Phi) is 42.8. The van der Waals surface area contributed by atoms with Gasteiger partial charge in [-0.15, -0.1) is 11.3 Å². The fourth-order valence-corrected chi connectivity index (χ4v) is 14.3. The molecule has 15 nitrogen and oxygen atoms in total. The second kappa shape index (κ2) is 54.3. The summed E-state index contributed by atoms with van der Waals surface area (Å²) in [7, 11) is 0. The maximum absolute atomic E-state index is 14.2. The van der Waals surface area contributed by atoms with Crippen LogP contribution in [0.25, 0.3) is 10.2 Å². The van der Waals surface area contributed by atoms with Crippen molar-refractivity contribution in [1.29, 1.82) is 0 Å². The average molecular weight is 1550 g/mol. The first-order chi connectivity index (χ1) is 55.6. The number of ether oxygens (including phenoxy) is 4. The number of aromatic nitrogens is 3. The van der Waals surface area contributed by atoms with Crippen LogP contribution in [0.4, 0.5) is 22.7 Å². The van der Waals surface area contributed by atoms with Crippen molar-refractivity contribution in [2.45, 2.75) is 285 Å². The Labute approximate surface area is 679 Å². The lowest BCUT2D eigenvalue weighted by Gasteiger charge is -2.11. The monoisotopic (exact) mass is 1550 g/mol. The third-order valence-corrected chi connectivity index (χ3v) is 21.1. The number of amides is 4. The molecule has 0 aliphatic rings. The van der Waals surface area contributed by atoms with Crippen LogP contribution in [0.1, 0.15) is 349 Å². The third-order valence-electron chi connectivity index (χ3n) is 20.3. The SMILES string of the molecule is CCCCCCCCCCCCOc1ccc(NC(=O)c2cc(C#Cc3ccc(C#Cc4cc(C(=O)Nc5ccc(OCCCCCCCCCCCC)cc5)nc(C(=O)Nc5ccc(OCCCCCCCCCCCC)cc5)c4)c4scnc34)cc(C(=O)Nc3ccc(OCCCCCCCCCCCC)cc3)n2)cc1. The zero-order chi connectivity index (χ0) is 79.4. The van der Waals surface area contributed by atoms with Crippen molar-refractivity contribution in [3.63, 3.8) is 0 Å². The number of nitrogens with zero attached hydrogens (tertiary/aromatic N) is 3. The summed E-state index contributed by atoms with van der Waals surface area (Å²) in [4.78, 5) is 70.7. The summed E-state index contributed by atoms with van der Waals surface area (Å²) in [6, 6.07) is 39.0. The van der Waals surface area contributed by atoms with Gasteiger partial charge in [0.05, 0.1) is 47.7 Å². The smallest absolute Gasteiger partial charge is 0.274 e. The zero-order valence-corrected chi connectivity index (χ0v) is 69.2. The molecule has 0 saturated carbocycles. The normalized spacial score (nSPS) is 11.0. The summed E-state index contributed by atoms with van der Waals surface area (Å²) in [6.07, 6.45) is 49.9. The van der Waals surface area contributed by atoms with E-state index in [-0.39, 0.29) is 22.8 Å². The molecular formula is C97H127N7O8S. The van der Waals surface area contributed by atoms with Gasteiger partial charge in [0.1, 0.15) is 45.8 Å². The van der Waals surface area contributed by atoms with E-state index in [4.69, 9.17) is 23.9 Å². The number of nitrogens with one attached hydrogen (secondary N) is 4. The van der Waals surface area contributed by atoms with Gasteiger partial charge in [-0.2, -0.15) is 0 Å². The second-order valence-electron chi connectivity index (χ2n) is 30.0. The summed E-state index contributed by atoms with van der Waals surface area (Å²) >= 11 is 1.39. The highest BCUT2D eigenvalue weighted by atomic mass is 32.1. The highest BCUT2D eigenvalue weighted by Gasteiger charge is 2.19. The summed E-state index contributed by atoms with van der Waals surface area (Å²) < 4.78 is 25.0. The molecule has 0 spiro atoms. The molecule has 0 aliphatic carbocycles. The summed E-state index contributed by atoms with van der Waals surface area (Å²) in [5.74, 6) is 13.8. The fourth-order valence-electron chi connectivity index (χ4n) is 13.5. The standard InChI is InChI=1S/C97H127N7O8S/c1-5-9-13-17-21-25-29-33-37-41-67-109-84-59-51-80(52-60-84)99-94(105)88-71-76(72-89(103-88)95(106)100-81-53-61-85(62-54-81)110-68-42-38-34-30-26-22-18-14-10-6-2)45-47-78-49-50-79(93-92(78)98-75-113-93)48-46-77-73-90(96(107)101-82-55-63-86(64-56-82)111-69-43-39-35-31-27-23-19-15-11-7-3)104-91(74-77)97(108)102-83-57-65-87(66-58-83)112-70-44-40-36-32-28-24-20-16-12-8-4/h49-66,71-75H,5-44,67-70H2,1-4H3,(H,99,105)(H,100,106)(H,101,107)(H,102,108). The number of hydrogen-bond donors (Lipinski definition) is 4. The van der Waals surface area contributed by atoms with Gasteiger partial charge in [-0.25, -0.2) is 15.0 Å². The van der Waals surface area contributed by atoms with E-state index in [2.05, 4.69) is 82.6 Å². The number of rotatable bonds is 56. The number of carbonyl (C=O) groups is 4. The van der Waals surface area contributed by atoms with Crippen LogP contribution in [-0.4, -0.2) is 65.0 Å². The van der Waals surface area contributed by atoms with Gasteiger partial charge >= 0.3 is 0 Å². The van der Waals surface area contributed by atoms with Gasteiger partial charge in [-0.1, -0.05) is 283 Å². The summed E-state index contributed by atoms with van der Waals surface area (Å²) in [6.45, 7) is 11.5. The molecule has 0 radical (unpaired) electrons. The Morgan fingerprint density at radius 3 is 0.779 bits per heavy atom. The predicted octanol–water partition coefficient (Wildman–Crippen LogP) is 26.1. The van der Waals surface area contributed by atoms with Crippen molar-refractivity contribution in [3.05, 3.63) is 184 Å². The molecule has 0 bridgehead atoms. The summed E-state index contributed by atoms with van der Waals surface area (Å²) in [5.41, 5.74) is 6.37. The Balaban J connectivity index is 0.958. The van der Waals surface area contributed by atoms with Crippen LogP contribution in [0.2, 0.25) is 0 Å². The lowest BCUT2D eigenvalue weighted by molar-refractivity contribution is 0.0998. The third kappa shape index (κ3) is 35.2. The van der Waals surface area contributed by atoms with E-state index in [9.17, 15) is 19.2 Å². The number of carbonyl (C=O) groups excluding carboxylic acids is 4. The molecule has 0 atom stereocenters. The molecule has 0 fully saturated rings. The number of hydrogen-bond acceptors (Lipinski definition) is 12. The lowest BCUT2D eigenvalue weighted by atomic mass is 10.1. The van der Waals surface area contributed by atoms with E-state index in [1.807, 2.05) is 60.7 Å². The van der Waals surface area contributed by atoms with Crippen molar-refractivity contribution in [3.8, 4) is 46.7 Å². The van der Waals surface area contributed by atoms with E-state index < -0.39 is 23.6 Å². The van der Waals surface area contributed by atoms with Crippen LogP contribution >= 0.6 is 11.3 Å². The van der Waals surface area contributed by atoms with E-state index in [1.165, 1.54) is 217 Å². The number of unbranched alkanes of at least 4 members (excludes halogenated alkanes) is 36. The molecule has 16 heteroatoms. The lowest BCUT2D eigenvalue weighted by Crippen LogP contribution is -2.19. The van der Waals surface area contributed by atoms with Crippen LogP contribution in [0.5, 0.6) is 23.0 Å². The van der Waals surface area contributed by atoms with Crippen LogP contribution in [-0.2, 0) is 0 Å². The van der Waals surface area contributed by atoms with Gasteiger partial charge in [0, 0.05) is 39.4 Å². The zero-order valence-electron chi connectivity index (χ0n) is 68.4. The molecular weight excluding hydrogens is 1420 g/mol. The molecule has 8 rings (SSSR count). The number of thiazole rings is 1. The van der Waals surface area contributed by atoms with Crippen LogP contribution in [0.15, 0.2) is 139 Å². The molecule has 604 valence electrons. The largest absolute Gasteiger partial charge is 0.494 e. The number of pyridine rings is 2. The highest BCUT2D eigenvalue weighted by molar-refractivity contribution is 7.17. The van der Waals surface area contributed by atoms with Gasteiger partial charge in [0.2, 0.25) is 0 Å². The first kappa shape index (κ1) is 89.0. The van der Waals surface area contributed by atoms with Gasteiger partial charge < -0.3 is 40.2 Å². The minimum atomic E-state index is -0.527. The molecule has 8 aromatic rings. The number of benzene rings is 5. The second-order valence-corrected chi connectivity index (χ2v) is 30.8. The maximum atomic E-state index is 14.2. The van der Waals surface area contributed by atoms with Gasteiger partial charge in [-0.05, 0) is 159 Å². The topological polar surface area (TPSA) is 192 Å². The molecule has 4 amide bonds. The van der Waals surface area contributed by atoms with E-state index in [1.54, 1.807) is 78.3 Å². The van der Waals surface area contributed by atoms with Crippen molar-refractivity contribution in [1.82, 2.24) is 15.0 Å². The number of fused-ring (bicyclic) bond motifs is 1. The molecule has 3 aromatic heterocycles. The Morgan fingerprint density at radius 2 is 0.522 bits per heavy atom. The van der Waals surface area contributed by atoms with Crippen LogP contribution < -0.4 is 40.2 Å². The van der Waals surface area contributed by atoms with Gasteiger partial charge in [-0.3, -0.25) is 19.2 Å². The highest BCUT2D eigenvalue weighted by Crippen LogP contribution is 2.28. The first-order valence-electron chi connectivity index (χ1n) is 43.2. The van der Waals surface area contributed by atoms with Crippen molar-refractivity contribution in [2.75, 3.05) is 47.7 Å². The minimum Gasteiger partial charge on any atom is -0.494 e. The average Bonchev–Trinajstić information content (AvgIpc) is 1.57. The van der Waals surface area contributed by atoms with Crippen molar-refractivity contribution in [2.24, 2.45) is 0 Å². The van der Waals surface area contributed by atoms with Crippen molar-refractivity contribution < 1.29 is 38.1 Å². The maximum Gasteiger partial charge on any atom is 0.274 e. The Hall–Kier alpha value is -9.51. The fraction of sp³-hybridized carbons (Fsp3) is 0.495. The molecule has 4 N–H and O–H groups in total. The van der Waals surface area contributed by atoms with Crippen molar-refractivity contribution >= 4 is 67.9 Å².